The number of carbonyl (C=O) groups is 1. The van der Waals surface area contributed by atoms with Crippen LogP contribution in [0.1, 0.15) is 24.8 Å². The molecule has 1 amide bonds. The summed E-state index contributed by atoms with van der Waals surface area (Å²) in [5.74, 6) is 0.104. The monoisotopic (exact) mass is 512 g/mol. The summed E-state index contributed by atoms with van der Waals surface area (Å²) in [7, 11) is -3.88. The summed E-state index contributed by atoms with van der Waals surface area (Å²) < 4.78 is 80.8. The normalized spacial score (nSPS) is 16.4. The van der Waals surface area contributed by atoms with Crippen LogP contribution in [0.2, 0.25) is 0 Å². The summed E-state index contributed by atoms with van der Waals surface area (Å²) in [6, 6.07) is 8.43. The van der Waals surface area contributed by atoms with Crippen LogP contribution in [0.3, 0.4) is 0 Å². The van der Waals surface area contributed by atoms with Crippen LogP contribution in [0.4, 0.5) is 18.9 Å². The van der Waals surface area contributed by atoms with E-state index in [0.717, 1.165) is 37.5 Å². The first-order chi connectivity index (χ1) is 16.6. The van der Waals surface area contributed by atoms with Gasteiger partial charge in [-0.1, -0.05) is 12.5 Å². The van der Waals surface area contributed by atoms with Crippen LogP contribution >= 0.6 is 0 Å². The van der Waals surface area contributed by atoms with Crippen LogP contribution in [0.25, 0.3) is 6.08 Å². The zero-order chi connectivity index (χ0) is 25.1. The van der Waals surface area contributed by atoms with Gasteiger partial charge in [0.25, 0.3) is 0 Å². The van der Waals surface area contributed by atoms with Crippen LogP contribution in [0, 0.1) is 0 Å². The van der Waals surface area contributed by atoms with Gasteiger partial charge in [-0.2, -0.15) is 17.5 Å². The Morgan fingerprint density at radius 2 is 1.80 bits per heavy atom. The second-order valence-corrected chi connectivity index (χ2v) is 9.90. The Balaban J connectivity index is 1.56. The number of sulfonamides is 1. The molecule has 0 aromatic heterocycles. The minimum atomic E-state index is -4.61. The standard InChI is InChI=1S/C23H23F3N2O6S/c24-23(25,26)14-32-19-8-6-17(35(30,31)28-10-2-1-3-11-28)13-18(19)27-22(29)9-5-16-4-7-20-21(12-16)34-15-33-20/h4-9,12-13H,1-3,10-11,14-15H2,(H,27,29). The number of anilines is 1. The van der Waals surface area contributed by atoms with E-state index < -0.39 is 28.7 Å². The van der Waals surface area contributed by atoms with E-state index in [-0.39, 0.29) is 23.1 Å². The SMILES string of the molecule is O=C(C=Cc1ccc2c(c1)OCO2)Nc1cc(S(=O)(=O)N2CCCCC2)ccc1OCC(F)(F)F. The number of halogens is 3. The molecule has 1 fully saturated rings. The third kappa shape index (κ3) is 6.25. The van der Waals surface area contributed by atoms with Crippen LogP contribution < -0.4 is 19.5 Å². The summed E-state index contributed by atoms with van der Waals surface area (Å²) >= 11 is 0. The average Bonchev–Trinajstić information content (AvgIpc) is 3.30. The molecule has 2 aliphatic rings. The van der Waals surface area contributed by atoms with Gasteiger partial charge in [-0.15, -0.1) is 0 Å². The van der Waals surface area contributed by atoms with E-state index in [9.17, 15) is 26.4 Å². The lowest BCUT2D eigenvalue weighted by molar-refractivity contribution is -0.153. The number of carbonyl (C=O) groups excluding carboxylic acids is 1. The van der Waals surface area contributed by atoms with Gasteiger partial charge in [0.15, 0.2) is 18.1 Å². The van der Waals surface area contributed by atoms with E-state index in [2.05, 4.69) is 5.32 Å². The Morgan fingerprint density at radius 3 is 2.54 bits per heavy atom. The first-order valence-corrected chi connectivity index (χ1v) is 12.3. The molecule has 0 unspecified atom stereocenters. The van der Waals surface area contributed by atoms with Gasteiger partial charge in [-0.05, 0) is 54.8 Å². The van der Waals surface area contributed by atoms with Crippen molar-refractivity contribution in [2.24, 2.45) is 0 Å². The lowest BCUT2D eigenvalue weighted by Crippen LogP contribution is -2.35. The van der Waals surface area contributed by atoms with Gasteiger partial charge in [0.1, 0.15) is 5.75 Å². The molecule has 0 atom stereocenters. The van der Waals surface area contributed by atoms with Crippen molar-refractivity contribution in [3.8, 4) is 17.2 Å². The number of fused-ring (bicyclic) bond motifs is 1. The fourth-order valence-corrected chi connectivity index (χ4v) is 5.21. The summed E-state index contributed by atoms with van der Waals surface area (Å²) in [4.78, 5) is 12.4. The third-order valence-electron chi connectivity index (χ3n) is 5.38. The Kier molecular flexibility index (Phi) is 7.22. The molecule has 2 heterocycles. The van der Waals surface area contributed by atoms with Gasteiger partial charge in [0.05, 0.1) is 10.6 Å². The molecule has 4 rings (SSSR count). The number of benzene rings is 2. The van der Waals surface area contributed by atoms with Gasteiger partial charge >= 0.3 is 6.18 Å². The maximum atomic E-state index is 13.0. The second kappa shape index (κ2) is 10.2. The number of piperidine rings is 1. The number of hydrogen-bond donors (Lipinski definition) is 1. The molecule has 2 aromatic rings. The van der Waals surface area contributed by atoms with Gasteiger partial charge in [0.2, 0.25) is 22.7 Å². The Labute approximate surface area is 200 Å². The summed E-state index contributed by atoms with van der Waals surface area (Å²) in [5.41, 5.74) is 0.437. The maximum Gasteiger partial charge on any atom is 0.422 e. The highest BCUT2D eigenvalue weighted by Crippen LogP contribution is 2.33. The fraction of sp³-hybridized carbons (Fsp3) is 0.348. The van der Waals surface area contributed by atoms with E-state index in [1.54, 1.807) is 18.2 Å². The van der Waals surface area contributed by atoms with Crippen LogP contribution in [-0.2, 0) is 14.8 Å². The Morgan fingerprint density at radius 1 is 1.06 bits per heavy atom. The fourth-order valence-electron chi connectivity index (χ4n) is 3.67. The average molecular weight is 513 g/mol. The van der Waals surface area contributed by atoms with Crippen molar-refractivity contribution < 1.29 is 40.6 Å². The molecule has 2 aromatic carbocycles. The highest BCUT2D eigenvalue weighted by Gasteiger charge is 2.30. The highest BCUT2D eigenvalue weighted by atomic mass is 32.2. The molecule has 8 nitrogen and oxygen atoms in total. The van der Waals surface area contributed by atoms with Crippen molar-refractivity contribution in [1.29, 1.82) is 0 Å². The zero-order valence-electron chi connectivity index (χ0n) is 18.5. The number of alkyl halides is 3. The van der Waals surface area contributed by atoms with Crippen LogP contribution in [0.5, 0.6) is 17.2 Å². The number of nitrogens with one attached hydrogen (secondary N) is 1. The minimum absolute atomic E-state index is 0.0976. The number of amides is 1. The zero-order valence-corrected chi connectivity index (χ0v) is 19.3. The molecule has 1 N–H and O–H groups in total. The van der Waals surface area contributed by atoms with Crippen molar-refractivity contribution in [2.45, 2.75) is 30.3 Å². The third-order valence-corrected chi connectivity index (χ3v) is 7.27. The van der Waals surface area contributed by atoms with Crippen molar-refractivity contribution in [2.75, 3.05) is 31.8 Å². The molecule has 188 valence electrons. The Hall–Kier alpha value is -3.25. The van der Waals surface area contributed by atoms with Gasteiger partial charge in [-0.3, -0.25) is 4.79 Å². The van der Waals surface area contributed by atoms with E-state index in [4.69, 9.17) is 14.2 Å². The maximum absolute atomic E-state index is 13.0. The van der Waals surface area contributed by atoms with E-state index in [0.29, 0.717) is 30.2 Å². The van der Waals surface area contributed by atoms with Crippen LogP contribution in [0.15, 0.2) is 47.4 Å². The van der Waals surface area contributed by atoms with Crippen molar-refractivity contribution in [3.05, 3.63) is 48.0 Å². The number of ether oxygens (including phenoxy) is 3. The molecule has 0 spiro atoms. The Bertz CT molecular complexity index is 1220. The molecule has 12 heteroatoms. The first-order valence-electron chi connectivity index (χ1n) is 10.8. The van der Waals surface area contributed by atoms with E-state index in [1.165, 1.54) is 16.4 Å². The second-order valence-electron chi connectivity index (χ2n) is 7.96. The van der Waals surface area contributed by atoms with Gasteiger partial charge in [0, 0.05) is 19.2 Å². The van der Waals surface area contributed by atoms with Crippen LogP contribution in [-0.4, -0.2) is 51.3 Å². The smallest absolute Gasteiger partial charge is 0.422 e. The molecule has 0 radical (unpaired) electrons. The largest absolute Gasteiger partial charge is 0.482 e. The predicted octanol–water partition coefficient (Wildman–Crippen LogP) is 4.18. The highest BCUT2D eigenvalue weighted by molar-refractivity contribution is 7.89. The number of nitrogens with zero attached hydrogens (tertiary/aromatic N) is 1. The molecule has 1 saturated heterocycles. The lowest BCUT2D eigenvalue weighted by Gasteiger charge is -2.26. The topological polar surface area (TPSA) is 94.2 Å². The first kappa shape index (κ1) is 24.9. The quantitative estimate of drug-likeness (QED) is 0.560. The summed E-state index contributed by atoms with van der Waals surface area (Å²) in [6.07, 6.45) is 0.394. The molecular weight excluding hydrogens is 489 g/mol. The molecule has 2 aliphatic heterocycles. The van der Waals surface area contributed by atoms with Crippen molar-refractivity contribution in [3.63, 3.8) is 0 Å². The lowest BCUT2D eigenvalue weighted by atomic mass is 10.2. The van der Waals surface area contributed by atoms with Crippen molar-refractivity contribution in [1.82, 2.24) is 4.31 Å². The number of hydrogen-bond acceptors (Lipinski definition) is 6. The summed E-state index contributed by atoms with van der Waals surface area (Å²) in [6.45, 7) is -0.787. The van der Waals surface area contributed by atoms with Gasteiger partial charge in [-0.25, -0.2) is 8.42 Å². The summed E-state index contributed by atoms with van der Waals surface area (Å²) in [5, 5.41) is 2.43. The van der Waals surface area contributed by atoms with Gasteiger partial charge < -0.3 is 19.5 Å². The minimum Gasteiger partial charge on any atom is -0.482 e. The number of rotatable bonds is 7. The van der Waals surface area contributed by atoms with E-state index in [1.807, 2.05) is 0 Å². The molecule has 0 saturated carbocycles. The molecule has 35 heavy (non-hydrogen) atoms. The van der Waals surface area contributed by atoms with E-state index >= 15 is 0 Å². The predicted molar refractivity (Wildman–Crippen MR) is 121 cm³/mol. The molecule has 0 bridgehead atoms. The molecule has 0 aliphatic carbocycles. The molecular formula is C23H23F3N2O6S. The van der Waals surface area contributed by atoms with Crippen molar-refractivity contribution >= 4 is 27.7 Å².